The summed E-state index contributed by atoms with van der Waals surface area (Å²) in [5.41, 5.74) is 0.0328. The molecule has 37 heavy (non-hydrogen) atoms. The van der Waals surface area contributed by atoms with E-state index in [0.29, 0.717) is 21.9 Å². The Morgan fingerprint density at radius 1 is 0.649 bits per heavy atom. The summed E-state index contributed by atoms with van der Waals surface area (Å²) in [5.74, 6) is -5.09. The fraction of sp³-hybridized carbons (Fsp3) is 0.321. The molecule has 0 aromatic heterocycles. The van der Waals surface area contributed by atoms with E-state index in [-0.39, 0.29) is 35.4 Å². The molecule has 2 aromatic carbocycles. The van der Waals surface area contributed by atoms with Gasteiger partial charge in [-0.15, -0.1) is 0 Å². The number of urea groups is 1. The van der Waals surface area contributed by atoms with Gasteiger partial charge in [0, 0.05) is 36.4 Å². The molecule has 0 N–H and O–H groups in total. The molecule has 1 saturated heterocycles. The molecule has 1 heterocycles. The van der Waals surface area contributed by atoms with Gasteiger partial charge in [-0.1, -0.05) is 53.7 Å². The predicted octanol–water partition coefficient (Wildman–Crippen LogP) is 7.07. The number of carbonyl (C=O) groups excluding carboxylic acids is 3. The number of allylic oxidation sites excluding steroid dienone is 2. The smallest absolute Gasteiger partial charge is 0.273 e. The topological polar surface area (TPSA) is 57.7 Å². The molecule has 5 nitrogen and oxygen atoms in total. The number of hydrogen-bond donors (Lipinski definition) is 0. The van der Waals surface area contributed by atoms with E-state index >= 15 is 0 Å². The summed E-state index contributed by atoms with van der Waals surface area (Å²) in [6, 6.07) is 4.35. The lowest BCUT2D eigenvalue weighted by Crippen LogP contribution is -2.54. The average Bonchev–Trinajstić information content (AvgIpc) is 2.72. The van der Waals surface area contributed by atoms with Crippen LogP contribution in [0.25, 0.3) is 0 Å². The molecule has 0 bridgehead atoms. The van der Waals surface area contributed by atoms with Crippen LogP contribution in [0.2, 0.25) is 0 Å². The molecular formula is C28H32F4N2O3. The molecule has 0 unspecified atom stereocenters. The quantitative estimate of drug-likeness (QED) is 0.302. The maximum Gasteiger partial charge on any atom is 0.342 e. The summed E-state index contributed by atoms with van der Waals surface area (Å²) >= 11 is 0. The van der Waals surface area contributed by atoms with E-state index in [1.54, 1.807) is 0 Å². The third-order valence-corrected chi connectivity index (χ3v) is 4.48. The lowest BCUT2D eigenvalue weighted by atomic mass is 10.1. The van der Waals surface area contributed by atoms with E-state index in [0.717, 1.165) is 24.3 Å². The SMILES string of the molecule is C=C(Cc1cc(F)cc(F)c1)N1C(=O)CC(=O)N(C(=C)Cc2cc(F)cc(F)c2)C1=O.CCC.CCC. The lowest BCUT2D eigenvalue weighted by Gasteiger charge is -2.34. The summed E-state index contributed by atoms with van der Waals surface area (Å²) in [5, 5.41) is 0. The molecule has 3 rings (SSSR count). The van der Waals surface area contributed by atoms with E-state index < -0.39 is 47.5 Å². The van der Waals surface area contributed by atoms with E-state index in [1.165, 1.54) is 12.8 Å². The number of halogens is 4. The molecule has 9 heteroatoms. The average molecular weight is 521 g/mol. The Morgan fingerprint density at radius 2 is 0.919 bits per heavy atom. The number of hydrogen-bond acceptors (Lipinski definition) is 3. The van der Waals surface area contributed by atoms with E-state index in [2.05, 4.69) is 40.9 Å². The molecule has 4 amide bonds. The molecule has 0 atom stereocenters. The number of carbonyl (C=O) groups is 3. The zero-order valence-electron chi connectivity index (χ0n) is 21.5. The lowest BCUT2D eigenvalue weighted by molar-refractivity contribution is -0.140. The monoisotopic (exact) mass is 520 g/mol. The molecule has 0 aliphatic carbocycles. The molecule has 2 aromatic rings. The van der Waals surface area contributed by atoms with Gasteiger partial charge in [-0.05, 0) is 35.4 Å². The van der Waals surface area contributed by atoms with Crippen LogP contribution < -0.4 is 0 Å². The van der Waals surface area contributed by atoms with Crippen molar-refractivity contribution in [3.05, 3.63) is 95.3 Å². The van der Waals surface area contributed by atoms with Gasteiger partial charge in [0.05, 0.1) is 0 Å². The number of nitrogens with zero attached hydrogens (tertiary/aromatic N) is 2. The van der Waals surface area contributed by atoms with Crippen LogP contribution in [-0.2, 0) is 22.4 Å². The van der Waals surface area contributed by atoms with Crippen LogP contribution in [-0.4, -0.2) is 27.6 Å². The van der Waals surface area contributed by atoms with Gasteiger partial charge in [-0.2, -0.15) is 0 Å². The van der Waals surface area contributed by atoms with Crippen molar-refractivity contribution in [1.29, 1.82) is 0 Å². The van der Waals surface area contributed by atoms with Crippen molar-refractivity contribution < 1.29 is 31.9 Å². The predicted molar refractivity (Wildman–Crippen MR) is 134 cm³/mol. The molecule has 1 aliphatic rings. The Balaban J connectivity index is 0.00000104. The number of barbiturate groups is 1. The maximum absolute atomic E-state index is 13.4. The van der Waals surface area contributed by atoms with Crippen LogP contribution >= 0.6 is 0 Å². The van der Waals surface area contributed by atoms with Gasteiger partial charge in [0.1, 0.15) is 29.7 Å². The highest BCUT2D eigenvalue weighted by Crippen LogP contribution is 2.25. The Morgan fingerprint density at radius 3 is 1.19 bits per heavy atom. The van der Waals surface area contributed by atoms with Crippen molar-refractivity contribution in [3.8, 4) is 0 Å². The molecule has 0 spiro atoms. The first kappa shape index (κ1) is 31.3. The summed E-state index contributed by atoms with van der Waals surface area (Å²) in [4.78, 5) is 38.8. The minimum absolute atomic E-state index is 0.109. The van der Waals surface area contributed by atoms with Gasteiger partial charge in [-0.25, -0.2) is 32.2 Å². The number of amides is 4. The second-order valence-corrected chi connectivity index (χ2v) is 8.37. The third kappa shape index (κ3) is 9.33. The first-order chi connectivity index (χ1) is 17.4. The van der Waals surface area contributed by atoms with Crippen molar-refractivity contribution in [2.24, 2.45) is 0 Å². The molecule has 1 fully saturated rings. The minimum atomic E-state index is -1.08. The zero-order chi connectivity index (χ0) is 28.3. The van der Waals surface area contributed by atoms with Gasteiger partial charge in [0.25, 0.3) is 0 Å². The van der Waals surface area contributed by atoms with Crippen LogP contribution in [0.5, 0.6) is 0 Å². The maximum atomic E-state index is 13.4. The number of benzene rings is 2. The molecule has 0 radical (unpaired) electrons. The van der Waals surface area contributed by atoms with Crippen LogP contribution in [0.15, 0.2) is 61.0 Å². The normalized spacial score (nSPS) is 12.9. The van der Waals surface area contributed by atoms with Crippen LogP contribution in [0.1, 0.15) is 58.1 Å². The van der Waals surface area contributed by atoms with Gasteiger partial charge < -0.3 is 0 Å². The summed E-state index contributed by atoms with van der Waals surface area (Å²) in [6.45, 7) is 15.8. The Bertz CT molecular complexity index is 1040. The van der Waals surface area contributed by atoms with E-state index in [4.69, 9.17) is 0 Å². The highest BCUT2D eigenvalue weighted by atomic mass is 19.1. The first-order valence-corrected chi connectivity index (χ1v) is 11.8. The van der Waals surface area contributed by atoms with Crippen molar-refractivity contribution in [1.82, 2.24) is 9.80 Å². The largest absolute Gasteiger partial charge is 0.342 e. The van der Waals surface area contributed by atoms with Crippen molar-refractivity contribution in [2.45, 2.75) is 59.8 Å². The summed E-state index contributed by atoms with van der Waals surface area (Å²) < 4.78 is 53.7. The second-order valence-electron chi connectivity index (χ2n) is 8.37. The molecule has 0 saturated carbocycles. The van der Waals surface area contributed by atoms with Crippen LogP contribution in [0.4, 0.5) is 22.4 Å². The Kier molecular flexibility index (Phi) is 12.4. The summed E-state index contributed by atoms with van der Waals surface area (Å²) in [7, 11) is 0. The highest BCUT2D eigenvalue weighted by Gasteiger charge is 2.40. The number of rotatable bonds is 6. The van der Waals surface area contributed by atoms with E-state index in [9.17, 15) is 31.9 Å². The first-order valence-electron chi connectivity index (χ1n) is 11.8. The summed E-state index contributed by atoms with van der Waals surface area (Å²) in [6.07, 6.45) is 1.34. The van der Waals surface area contributed by atoms with E-state index in [1.807, 2.05) is 0 Å². The van der Waals surface area contributed by atoms with Crippen LogP contribution in [0, 0.1) is 23.3 Å². The second kappa shape index (κ2) is 14.7. The standard InChI is InChI=1S/C22H16F4N2O3.2C3H8/c1-12(3-14-5-16(23)9-17(24)6-14)27-20(29)11-21(30)28(22(27)31)13(2)4-15-7-18(25)10-19(26)8-15;2*1-3-2/h5-10H,1-4,11H2;2*3H2,1-2H3. The Hall–Kier alpha value is -3.75. The molecular weight excluding hydrogens is 488 g/mol. The highest BCUT2D eigenvalue weighted by molar-refractivity contribution is 6.16. The third-order valence-electron chi connectivity index (χ3n) is 4.48. The molecule has 200 valence electrons. The number of imide groups is 2. The van der Waals surface area contributed by atoms with Gasteiger partial charge in [0.15, 0.2) is 0 Å². The van der Waals surface area contributed by atoms with Gasteiger partial charge in [0.2, 0.25) is 11.8 Å². The molecule has 1 aliphatic heterocycles. The van der Waals surface area contributed by atoms with Crippen molar-refractivity contribution >= 4 is 17.8 Å². The van der Waals surface area contributed by atoms with Gasteiger partial charge in [-0.3, -0.25) is 9.59 Å². The zero-order valence-corrected chi connectivity index (χ0v) is 21.5. The van der Waals surface area contributed by atoms with Crippen molar-refractivity contribution in [3.63, 3.8) is 0 Å². The van der Waals surface area contributed by atoms with Crippen LogP contribution in [0.3, 0.4) is 0 Å². The fourth-order valence-electron chi connectivity index (χ4n) is 3.28. The minimum Gasteiger partial charge on any atom is -0.273 e. The van der Waals surface area contributed by atoms with Crippen molar-refractivity contribution in [2.75, 3.05) is 0 Å². The fourth-order valence-corrected chi connectivity index (χ4v) is 3.28. The Labute approximate surface area is 215 Å². The van der Waals surface area contributed by atoms with Gasteiger partial charge >= 0.3 is 6.03 Å².